The molecular weight excluding hydrogens is 322 g/mol. The van der Waals surface area contributed by atoms with E-state index in [0.717, 1.165) is 0 Å². The molecule has 0 unspecified atom stereocenters. The molecule has 3 nitrogen and oxygen atoms in total. The molecule has 0 aliphatic heterocycles. The Morgan fingerprint density at radius 3 is 2.83 bits per heavy atom. The zero-order valence-corrected chi connectivity index (χ0v) is 11.7. The van der Waals surface area contributed by atoms with Gasteiger partial charge in [0, 0.05) is 12.3 Å². The Kier molecular flexibility index (Phi) is 4.04. The number of anilines is 2. The lowest BCUT2D eigenvalue weighted by Gasteiger charge is -2.10. The molecule has 94 valence electrons. The van der Waals surface area contributed by atoms with E-state index in [-0.39, 0.29) is 11.5 Å². The van der Waals surface area contributed by atoms with Crippen molar-refractivity contribution >= 4 is 39.0 Å². The highest BCUT2D eigenvalue weighted by Crippen LogP contribution is 2.29. The first-order chi connectivity index (χ1) is 8.60. The van der Waals surface area contributed by atoms with Gasteiger partial charge >= 0.3 is 0 Å². The van der Waals surface area contributed by atoms with Gasteiger partial charge in [-0.1, -0.05) is 11.6 Å². The monoisotopic (exact) mass is 330 g/mol. The number of methoxy groups -OCH3 is 1. The highest BCUT2D eigenvalue weighted by molar-refractivity contribution is 9.10. The Bertz CT molecular complexity index is 580. The highest BCUT2D eigenvalue weighted by Gasteiger charge is 2.08. The van der Waals surface area contributed by atoms with Gasteiger partial charge in [0.05, 0.1) is 22.3 Å². The molecule has 0 saturated carbocycles. The summed E-state index contributed by atoms with van der Waals surface area (Å²) in [6.45, 7) is 0. The van der Waals surface area contributed by atoms with Crippen molar-refractivity contribution in [2.24, 2.45) is 0 Å². The van der Waals surface area contributed by atoms with Gasteiger partial charge in [-0.3, -0.25) is 0 Å². The van der Waals surface area contributed by atoms with Crippen LogP contribution in [0.5, 0.6) is 5.75 Å². The molecule has 1 heterocycles. The minimum Gasteiger partial charge on any atom is -0.497 e. The molecule has 1 aromatic carbocycles. The first kappa shape index (κ1) is 13.1. The average molecular weight is 332 g/mol. The standard InChI is InChI=1S/C12H9BrClFN2O/c1-18-8-2-3-10(15)11(5-8)17-12-9(13)4-7(14)6-16-12/h2-6H,1H3,(H,16,17). The summed E-state index contributed by atoms with van der Waals surface area (Å²) in [6, 6.07) is 6.10. The average Bonchev–Trinajstić information content (AvgIpc) is 2.35. The van der Waals surface area contributed by atoms with Crippen LogP contribution in [0.2, 0.25) is 5.02 Å². The summed E-state index contributed by atoms with van der Waals surface area (Å²) in [7, 11) is 1.52. The van der Waals surface area contributed by atoms with Crippen LogP contribution in [0.3, 0.4) is 0 Å². The molecule has 0 fully saturated rings. The predicted octanol–water partition coefficient (Wildman–Crippen LogP) is 4.39. The fourth-order valence-electron chi connectivity index (χ4n) is 1.36. The molecule has 1 N–H and O–H groups in total. The highest BCUT2D eigenvalue weighted by atomic mass is 79.9. The fourth-order valence-corrected chi connectivity index (χ4v) is 2.10. The summed E-state index contributed by atoms with van der Waals surface area (Å²) in [5.41, 5.74) is 0.282. The molecule has 0 bridgehead atoms. The number of aromatic nitrogens is 1. The van der Waals surface area contributed by atoms with Crippen LogP contribution in [0.25, 0.3) is 0 Å². The van der Waals surface area contributed by atoms with Crippen LogP contribution in [0.4, 0.5) is 15.9 Å². The normalized spacial score (nSPS) is 10.2. The molecular formula is C12H9BrClFN2O. The third kappa shape index (κ3) is 2.91. The first-order valence-corrected chi connectivity index (χ1v) is 6.19. The van der Waals surface area contributed by atoms with E-state index in [2.05, 4.69) is 26.2 Å². The molecule has 0 aliphatic carbocycles. The Morgan fingerprint density at radius 1 is 1.39 bits per heavy atom. The van der Waals surface area contributed by atoms with Gasteiger partial charge in [0.2, 0.25) is 0 Å². The van der Waals surface area contributed by atoms with E-state index < -0.39 is 0 Å². The molecule has 0 aliphatic rings. The van der Waals surface area contributed by atoms with E-state index in [9.17, 15) is 4.39 Å². The minimum absolute atomic E-state index is 0.282. The molecule has 0 radical (unpaired) electrons. The zero-order valence-electron chi connectivity index (χ0n) is 9.38. The van der Waals surface area contributed by atoms with Gasteiger partial charge in [-0.15, -0.1) is 0 Å². The van der Waals surface area contributed by atoms with Crippen molar-refractivity contribution in [1.82, 2.24) is 4.98 Å². The van der Waals surface area contributed by atoms with E-state index in [1.807, 2.05) is 0 Å². The lowest BCUT2D eigenvalue weighted by Crippen LogP contribution is -1.98. The second kappa shape index (κ2) is 5.54. The lowest BCUT2D eigenvalue weighted by atomic mass is 10.3. The summed E-state index contributed by atoms with van der Waals surface area (Å²) < 4.78 is 19.3. The molecule has 0 saturated heterocycles. The Labute approximate surface area is 117 Å². The quantitative estimate of drug-likeness (QED) is 0.906. The van der Waals surface area contributed by atoms with Crippen LogP contribution in [0.15, 0.2) is 34.9 Å². The summed E-state index contributed by atoms with van der Waals surface area (Å²) in [6.07, 6.45) is 1.48. The molecule has 1 aromatic heterocycles. The van der Waals surface area contributed by atoms with Crippen LogP contribution < -0.4 is 10.1 Å². The smallest absolute Gasteiger partial charge is 0.146 e. The van der Waals surface area contributed by atoms with Crippen molar-refractivity contribution in [1.29, 1.82) is 0 Å². The van der Waals surface area contributed by atoms with E-state index in [0.29, 0.717) is 21.1 Å². The van der Waals surface area contributed by atoms with Crippen LogP contribution in [0, 0.1) is 5.82 Å². The van der Waals surface area contributed by atoms with Crippen molar-refractivity contribution in [3.63, 3.8) is 0 Å². The van der Waals surface area contributed by atoms with Gasteiger partial charge in [-0.2, -0.15) is 0 Å². The molecule has 2 aromatic rings. The Hall–Kier alpha value is -1.33. The summed E-state index contributed by atoms with van der Waals surface area (Å²) in [4.78, 5) is 4.07. The van der Waals surface area contributed by atoms with Crippen LogP contribution in [-0.2, 0) is 0 Å². The number of hydrogen-bond acceptors (Lipinski definition) is 3. The van der Waals surface area contributed by atoms with Gasteiger partial charge < -0.3 is 10.1 Å². The molecule has 0 spiro atoms. The van der Waals surface area contributed by atoms with Crippen molar-refractivity contribution in [3.05, 3.63) is 45.8 Å². The van der Waals surface area contributed by atoms with Gasteiger partial charge in [-0.05, 0) is 34.1 Å². The number of rotatable bonds is 3. The number of nitrogens with zero attached hydrogens (tertiary/aromatic N) is 1. The summed E-state index contributed by atoms with van der Waals surface area (Å²) in [5.74, 6) is 0.648. The minimum atomic E-state index is -0.389. The summed E-state index contributed by atoms with van der Waals surface area (Å²) >= 11 is 9.09. The number of benzene rings is 1. The molecule has 18 heavy (non-hydrogen) atoms. The van der Waals surface area contributed by atoms with E-state index in [4.69, 9.17) is 16.3 Å². The third-order valence-corrected chi connectivity index (χ3v) is 3.05. The van der Waals surface area contributed by atoms with Gasteiger partial charge in [0.1, 0.15) is 17.4 Å². The van der Waals surface area contributed by atoms with E-state index >= 15 is 0 Å². The Balaban J connectivity index is 2.33. The first-order valence-electron chi connectivity index (χ1n) is 5.02. The fraction of sp³-hybridized carbons (Fsp3) is 0.0833. The number of pyridine rings is 1. The van der Waals surface area contributed by atoms with Gasteiger partial charge in [0.25, 0.3) is 0 Å². The number of hydrogen-bond donors (Lipinski definition) is 1. The lowest BCUT2D eigenvalue weighted by molar-refractivity contribution is 0.414. The maximum Gasteiger partial charge on any atom is 0.146 e. The van der Waals surface area contributed by atoms with Crippen molar-refractivity contribution in [3.8, 4) is 5.75 Å². The molecule has 6 heteroatoms. The van der Waals surface area contributed by atoms with Crippen LogP contribution in [-0.4, -0.2) is 12.1 Å². The summed E-state index contributed by atoms with van der Waals surface area (Å²) in [5, 5.41) is 3.37. The largest absolute Gasteiger partial charge is 0.497 e. The number of nitrogens with one attached hydrogen (secondary N) is 1. The number of halogens is 3. The number of ether oxygens (including phenoxy) is 1. The van der Waals surface area contributed by atoms with Crippen molar-refractivity contribution < 1.29 is 9.13 Å². The topological polar surface area (TPSA) is 34.1 Å². The van der Waals surface area contributed by atoms with Crippen LogP contribution in [0.1, 0.15) is 0 Å². The predicted molar refractivity (Wildman–Crippen MR) is 73.2 cm³/mol. The maximum absolute atomic E-state index is 13.6. The third-order valence-electron chi connectivity index (χ3n) is 2.23. The maximum atomic E-state index is 13.6. The second-order valence-electron chi connectivity index (χ2n) is 3.45. The zero-order chi connectivity index (χ0) is 13.1. The Morgan fingerprint density at radius 2 is 2.17 bits per heavy atom. The van der Waals surface area contributed by atoms with Crippen LogP contribution >= 0.6 is 27.5 Å². The van der Waals surface area contributed by atoms with Crippen molar-refractivity contribution in [2.75, 3.05) is 12.4 Å². The molecule has 0 amide bonds. The SMILES string of the molecule is COc1ccc(F)c(Nc2ncc(Cl)cc2Br)c1. The molecule has 0 atom stereocenters. The van der Waals surface area contributed by atoms with Gasteiger partial charge in [-0.25, -0.2) is 9.37 Å². The van der Waals surface area contributed by atoms with E-state index in [1.54, 1.807) is 18.2 Å². The second-order valence-corrected chi connectivity index (χ2v) is 4.75. The van der Waals surface area contributed by atoms with Gasteiger partial charge in [0.15, 0.2) is 0 Å². The molecule has 2 rings (SSSR count). The van der Waals surface area contributed by atoms with Crippen molar-refractivity contribution in [2.45, 2.75) is 0 Å². The van der Waals surface area contributed by atoms with E-state index in [1.165, 1.54) is 19.4 Å².